The fourth-order valence-corrected chi connectivity index (χ4v) is 3.03. The predicted molar refractivity (Wildman–Crippen MR) is 108 cm³/mol. The summed E-state index contributed by atoms with van der Waals surface area (Å²) in [5.74, 6) is 0.300. The molecule has 0 fully saturated rings. The molecular weight excluding hydrogens is 406 g/mol. The monoisotopic (exact) mass is 425 g/mol. The number of amides is 1. The summed E-state index contributed by atoms with van der Waals surface area (Å²) in [6.45, 7) is -0.406. The molecule has 1 N–H and O–H groups in total. The second kappa shape index (κ2) is 10.7. The molecule has 0 saturated heterocycles. The number of halogens is 1. The SMILES string of the molecule is COc1cc(NC(=O)COC(=O)CSc2ccc(Cl)cc2)cc(OC)c1OC. The molecule has 7 nitrogen and oxygen atoms in total. The quantitative estimate of drug-likeness (QED) is 0.485. The van der Waals surface area contributed by atoms with Crippen LogP contribution in [0.3, 0.4) is 0 Å². The molecule has 9 heteroatoms. The normalized spacial score (nSPS) is 10.1. The first kappa shape index (κ1) is 21.7. The molecule has 0 atom stereocenters. The smallest absolute Gasteiger partial charge is 0.316 e. The zero-order valence-corrected chi connectivity index (χ0v) is 17.2. The van der Waals surface area contributed by atoms with Crippen LogP contribution < -0.4 is 19.5 Å². The third-order valence-corrected chi connectivity index (χ3v) is 4.72. The van der Waals surface area contributed by atoms with E-state index in [1.54, 1.807) is 36.4 Å². The van der Waals surface area contributed by atoms with Crippen molar-refractivity contribution in [3.63, 3.8) is 0 Å². The van der Waals surface area contributed by atoms with Gasteiger partial charge in [0.25, 0.3) is 5.91 Å². The first-order valence-electron chi connectivity index (χ1n) is 8.10. The summed E-state index contributed by atoms with van der Waals surface area (Å²) in [6, 6.07) is 10.2. The van der Waals surface area contributed by atoms with Gasteiger partial charge in [-0.05, 0) is 24.3 Å². The van der Waals surface area contributed by atoms with Gasteiger partial charge in [-0.2, -0.15) is 0 Å². The van der Waals surface area contributed by atoms with Crippen LogP contribution in [-0.4, -0.2) is 45.6 Å². The van der Waals surface area contributed by atoms with E-state index in [1.165, 1.54) is 33.1 Å². The summed E-state index contributed by atoms with van der Waals surface area (Å²) in [5.41, 5.74) is 0.422. The lowest BCUT2D eigenvalue weighted by atomic mass is 10.2. The maximum atomic E-state index is 12.1. The van der Waals surface area contributed by atoms with Gasteiger partial charge in [-0.25, -0.2) is 0 Å². The van der Waals surface area contributed by atoms with Gasteiger partial charge in [0, 0.05) is 27.7 Å². The van der Waals surface area contributed by atoms with Crippen molar-refractivity contribution in [3.05, 3.63) is 41.4 Å². The molecule has 0 aliphatic heterocycles. The van der Waals surface area contributed by atoms with E-state index < -0.39 is 18.5 Å². The van der Waals surface area contributed by atoms with E-state index in [-0.39, 0.29) is 5.75 Å². The molecule has 0 aliphatic rings. The average molecular weight is 426 g/mol. The maximum Gasteiger partial charge on any atom is 0.316 e. The fourth-order valence-electron chi connectivity index (χ4n) is 2.21. The van der Waals surface area contributed by atoms with Crippen LogP contribution in [0.1, 0.15) is 0 Å². The first-order valence-corrected chi connectivity index (χ1v) is 9.47. The number of rotatable bonds is 9. The van der Waals surface area contributed by atoms with Crippen molar-refractivity contribution in [2.24, 2.45) is 0 Å². The van der Waals surface area contributed by atoms with Crippen molar-refractivity contribution in [2.45, 2.75) is 4.90 Å². The molecule has 2 aromatic carbocycles. The van der Waals surface area contributed by atoms with Gasteiger partial charge in [0.1, 0.15) is 0 Å². The van der Waals surface area contributed by atoms with Crippen molar-refractivity contribution in [2.75, 3.05) is 39.0 Å². The number of thioether (sulfide) groups is 1. The minimum Gasteiger partial charge on any atom is -0.493 e. The lowest BCUT2D eigenvalue weighted by molar-refractivity contribution is -0.144. The number of hydrogen-bond donors (Lipinski definition) is 1. The number of nitrogens with one attached hydrogen (secondary N) is 1. The molecule has 2 rings (SSSR count). The lowest BCUT2D eigenvalue weighted by Crippen LogP contribution is -2.21. The molecule has 2 aromatic rings. The fraction of sp³-hybridized carbons (Fsp3) is 0.263. The Bertz CT molecular complexity index is 803. The van der Waals surface area contributed by atoms with Crippen LogP contribution in [0.15, 0.2) is 41.3 Å². The summed E-state index contributed by atoms with van der Waals surface area (Å²) in [5, 5.41) is 3.25. The molecule has 150 valence electrons. The number of benzene rings is 2. The number of esters is 1. The molecular formula is C19H20ClNO6S. The Hall–Kier alpha value is -2.58. The van der Waals surface area contributed by atoms with E-state index in [1.807, 2.05) is 0 Å². The molecule has 0 unspecified atom stereocenters. The summed E-state index contributed by atoms with van der Waals surface area (Å²) in [4.78, 5) is 24.8. The van der Waals surface area contributed by atoms with Crippen molar-refractivity contribution >= 4 is 40.9 Å². The third kappa shape index (κ3) is 6.24. The minimum atomic E-state index is -0.500. The second-order valence-electron chi connectivity index (χ2n) is 5.37. The summed E-state index contributed by atoms with van der Waals surface area (Å²) in [7, 11) is 4.44. The summed E-state index contributed by atoms with van der Waals surface area (Å²) < 4.78 is 20.7. The van der Waals surface area contributed by atoms with Gasteiger partial charge in [0.15, 0.2) is 18.1 Å². The predicted octanol–water partition coefficient (Wildman–Crippen LogP) is 3.64. The molecule has 0 aromatic heterocycles. The Morgan fingerprint density at radius 1 is 1.00 bits per heavy atom. The van der Waals surface area contributed by atoms with Gasteiger partial charge in [-0.1, -0.05) is 11.6 Å². The lowest BCUT2D eigenvalue weighted by Gasteiger charge is -2.14. The Kier molecular flexibility index (Phi) is 8.28. The maximum absolute atomic E-state index is 12.1. The number of carbonyl (C=O) groups is 2. The first-order chi connectivity index (χ1) is 13.5. The molecule has 0 saturated carbocycles. The van der Waals surface area contributed by atoms with E-state index in [0.29, 0.717) is 28.0 Å². The number of methoxy groups -OCH3 is 3. The number of carbonyl (C=O) groups excluding carboxylic acids is 2. The van der Waals surface area contributed by atoms with Crippen molar-refractivity contribution < 1.29 is 28.5 Å². The minimum absolute atomic E-state index is 0.0824. The van der Waals surface area contributed by atoms with E-state index in [0.717, 1.165) is 4.90 Å². The topological polar surface area (TPSA) is 83.1 Å². The van der Waals surface area contributed by atoms with E-state index in [9.17, 15) is 9.59 Å². The van der Waals surface area contributed by atoms with Crippen LogP contribution >= 0.6 is 23.4 Å². The molecule has 1 amide bonds. The van der Waals surface area contributed by atoms with Crippen molar-refractivity contribution in [1.29, 1.82) is 0 Å². The van der Waals surface area contributed by atoms with Gasteiger partial charge in [0.2, 0.25) is 5.75 Å². The van der Waals surface area contributed by atoms with Crippen LogP contribution in [0.5, 0.6) is 17.2 Å². The van der Waals surface area contributed by atoms with Crippen LogP contribution in [0.4, 0.5) is 5.69 Å². The van der Waals surface area contributed by atoms with Gasteiger partial charge >= 0.3 is 5.97 Å². The van der Waals surface area contributed by atoms with Crippen molar-refractivity contribution in [3.8, 4) is 17.2 Å². The standard InChI is InChI=1S/C19H20ClNO6S/c1-24-15-8-13(9-16(25-2)19(15)26-3)21-17(22)10-27-18(23)11-28-14-6-4-12(20)5-7-14/h4-9H,10-11H2,1-3H3,(H,21,22). The molecule has 0 heterocycles. The van der Waals surface area contributed by atoms with Gasteiger partial charge in [-0.15, -0.1) is 11.8 Å². The highest BCUT2D eigenvalue weighted by Crippen LogP contribution is 2.39. The summed E-state index contributed by atoms with van der Waals surface area (Å²) in [6.07, 6.45) is 0. The van der Waals surface area contributed by atoms with Crippen molar-refractivity contribution in [1.82, 2.24) is 0 Å². The number of anilines is 1. The Labute approximate surface area is 172 Å². The van der Waals surface area contributed by atoms with E-state index >= 15 is 0 Å². The Balaban J connectivity index is 1.86. The van der Waals surface area contributed by atoms with Crippen LogP contribution in [0.25, 0.3) is 0 Å². The van der Waals surface area contributed by atoms with Gasteiger partial charge in [-0.3, -0.25) is 9.59 Å². The van der Waals surface area contributed by atoms with E-state index in [2.05, 4.69) is 5.32 Å². The largest absolute Gasteiger partial charge is 0.493 e. The Morgan fingerprint density at radius 3 is 2.14 bits per heavy atom. The molecule has 0 bridgehead atoms. The van der Waals surface area contributed by atoms with Crippen LogP contribution in [-0.2, 0) is 14.3 Å². The molecule has 0 radical (unpaired) electrons. The molecule has 0 aliphatic carbocycles. The summed E-state index contributed by atoms with van der Waals surface area (Å²) >= 11 is 7.11. The Morgan fingerprint density at radius 2 is 1.61 bits per heavy atom. The zero-order chi connectivity index (χ0) is 20.5. The van der Waals surface area contributed by atoms with Gasteiger partial charge < -0.3 is 24.3 Å². The highest BCUT2D eigenvalue weighted by molar-refractivity contribution is 8.00. The van der Waals surface area contributed by atoms with Crippen LogP contribution in [0, 0.1) is 0 Å². The third-order valence-electron chi connectivity index (χ3n) is 3.48. The van der Waals surface area contributed by atoms with E-state index in [4.69, 9.17) is 30.5 Å². The average Bonchev–Trinajstić information content (AvgIpc) is 2.71. The molecule has 0 spiro atoms. The number of ether oxygens (including phenoxy) is 4. The zero-order valence-electron chi connectivity index (χ0n) is 15.6. The van der Waals surface area contributed by atoms with Gasteiger partial charge in [0.05, 0.1) is 27.1 Å². The highest BCUT2D eigenvalue weighted by atomic mass is 35.5. The second-order valence-corrected chi connectivity index (χ2v) is 6.85. The highest BCUT2D eigenvalue weighted by Gasteiger charge is 2.15. The number of hydrogen-bond acceptors (Lipinski definition) is 7. The van der Waals surface area contributed by atoms with Crippen LogP contribution in [0.2, 0.25) is 5.02 Å². The molecule has 28 heavy (non-hydrogen) atoms.